The third-order valence-corrected chi connectivity index (χ3v) is 5.15. The van der Waals surface area contributed by atoms with Gasteiger partial charge in [-0.25, -0.2) is 19.2 Å². The van der Waals surface area contributed by atoms with E-state index in [2.05, 4.69) is 20.8 Å². The molecule has 0 fully saturated rings. The molecule has 0 saturated carbocycles. The van der Waals surface area contributed by atoms with Crippen molar-refractivity contribution < 1.29 is 13.9 Å². The molecule has 6 nitrogen and oxygen atoms in total. The zero-order valence-corrected chi connectivity index (χ0v) is 16.6. The van der Waals surface area contributed by atoms with Crippen LogP contribution in [0.5, 0.6) is 0 Å². The van der Waals surface area contributed by atoms with E-state index in [1.165, 1.54) is 19.2 Å². The van der Waals surface area contributed by atoms with Gasteiger partial charge in [0.05, 0.1) is 36.8 Å². The van der Waals surface area contributed by atoms with Crippen LogP contribution in [0, 0.1) is 5.82 Å². The topological polar surface area (TPSA) is 69.9 Å². The van der Waals surface area contributed by atoms with Gasteiger partial charge in [-0.2, -0.15) is 0 Å². The maximum absolute atomic E-state index is 14.4. The van der Waals surface area contributed by atoms with Crippen molar-refractivity contribution in [1.29, 1.82) is 0 Å². The molecule has 0 amide bonds. The molecular weight excluding hydrogens is 395 g/mol. The fourth-order valence-corrected chi connectivity index (χ4v) is 3.59. The highest BCUT2D eigenvalue weighted by Crippen LogP contribution is 2.24. The summed E-state index contributed by atoms with van der Waals surface area (Å²) in [6, 6.07) is 18.1. The molecule has 0 bridgehead atoms. The monoisotopic (exact) mass is 412 g/mol. The first-order chi connectivity index (χ1) is 15.1. The number of fused-ring (bicyclic) bond motifs is 2. The summed E-state index contributed by atoms with van der Waals surface area (Å²) in [7, 11) is 1.22. The van der Waals surface area contributed by atoms with Crippen molar-refractivity contribution in [3.05, 3.63) is 90.1 Å². The Kier molecular flexibility index (Phi) is 4.63. The van der Waals surface area contributed by atoms with E-state index < -0.39 is 11.8 Å². The predicted molar refractivity (Wildman–Crippen MR) is 115 cm³/mol. The van der Waals surface area contributed by atoms with Gasteiger partial charge in [-0.3, -0.25) is 4.98 Å². The molecule has 0 aliphatic rings. The smallest absolute Gasteiger partial charge is 0.340 e. The van der Waals surface area contributed by atoms with Crippen molar-refractivity contribution in [3.8, 4) is 11.3 Å². The Labute approximate surface area is 177 Å². The lowest BCUT2D eigenvalue weighted by atomic mass is 10.1. The maximum atomic E-state index is 14.4. The van der Waals surface area contributed by atoms with Crippen molar-refractivity contribution in [1.82, 2.24) is 19.5 Å². The molecule has 5 rings (SSSR count). The largest absolute Gasteiger partial charge is 0.465 e. The number of rotatable bonds is 4. The normalized spacial score (nSPS) is 11.2. The lowest BCUT2D eigenvalue weighted by molar-refractivity contribution is 0.0595. The average Bonchev–Trinajstić information content (AvgIpc) is 3.20. The van der Waals surface area contributed by atoms with E-state index in [4.69, 9.17) is 4.98 Å². The van der Waals surface area contributed by atoms with E-state index in [9.17, 15) is 9.18 Å². The average molecular weight is 412 g/mol. The van der Waals surface area contributed by atoms with Crippen molar-refractivity contribution in [3.63, 3.8) is 0 Å². The molecule has 5 aromatic rings. The highest BCUT2D eigenvalue weighted by atomic mass is 19.1. The minimum absolute atomic E-state index is 0.108. The van der Waals surface area contributed by atoms with E-state index in [1.54, 1.807) is 24.7 Å². The number of benzene rings is 2. The molecule has 0 spiro atoms. The fraction of sp³-hybridized carbons (Fsp3) is 0.0833. The lowest BCUT2D eigenvalue weighted by Gasteiger charge is -2.08. The Bertz CT molecular complexity index is 1440. The highest BCUT2D eigenvalue weighted by Gasteiger charge is 2.14. The van der Waals surface area contributed by atoms with Gasteiger partial charge in [0, 0.05) is 17.1 Å². The summed E-state index contributed by atoms with van der Waals surface area (Å²) in [5, 5.41) is 1.07. The van der Waals surface area contributed by atoms with Crippen LogP contribution in [0.2, 0.25) is 0 Å². The Hall–Kier alpha value is -4.13. The molecule has 2 aromatic carbocycles. The minimum Gasteiger partial charge on any atom is -0.465 e. The van der Waals surface area contributed by atoms with Gasteiger partial charge in [-0.1, -0.05) is 18.2 Å². The maximum Gasteiger partial charge on any atom is 0.340 e. The number of hydrogen-bond acceptors (Lipinski definition) is 5. The van der Waals surface area contributed by atoms with Gasteiger partial charge in [0.25, 0.3) is 0 Å². The molecule has 0 aliphatic heterocycles. The van der Waals surface area contributed by atoms with Crippen LogP contribution in [0.4, 0.5) is 4.39 Å². The number of imidazole rings is 1. The zero-order chi connectivity index (χ0) is 21.4. The Morgan fingerprint density at radius 2 is 1.90 bits per heavy atom. The molecule has 0 atom stereocenters. The number of halogens is 1. The molecule has 0 unspecified atom stereocenters. The van der Waals surface area contributed by atoms with E-state index in [1.807, 2.05) is 34.9 Å². The Morgan fingerprint density at radius 3 is 2.74 bits per heavy atom. The van der Waals surface area contributed by atoms with Gasteiger partial charge >= 0.3 is 5.97 Å². The van der Waals surface area contributed by atoms with Crippen LogP contribution in [0.3, 0.4) is 0 Å². The minimum atomic E-state index is -0.712. The number of carbonyl (C=O) groups excluding carboxylic acids is 1. The molecular formula is C24H17FN4O2. The number of ether oxygens (including phenoxy) is 1. The summed E-state index contributed by atoms with van der Waals surface area (Å²) < 4.78 is 20.9. The second-order valence-corrected chi connectivity index (χ2v) is 7.13. The van der Waals surface area contributed by atoms with Crippen molar-refractivity contribution in [2.45, 2.75) is 6.54 Å². The fourth-order valence-electron chi connectivity index (χ4n) is 3.59. The zero-order valence-electron chi connectivity index (χ0n) is 16.6. The predicted octanol–water partition coefficient (Wildman–Crippen LogP) is 4.62. The van der Waals surface area contributed by atoms with Crippen LogP contribution >= 0.6 is 0 Å². The summed E-state index contributed by atoms with van der Waals surface area (Å²) in [5.74, 6) is -1.36. The van der Waals surface area contributed by atoms with Crippen LogP contribution in [0.1, 0.15) is 15.9 Å². The first-order valence-electron chi connectivity index (χ1n) is 9.66. The van der Waals surface area contributed by atoms with Gasteiger partial charge < -0.3 is 9.30 Å². The van der Waals surface area contributed by atoms with E-state index in [-0.39, 0.29) is 5.56 Å². The summed E-state index contributed by atoms with van der Waals surface area (Å²) >= 11 is 0. The molecule has 3 heterocycles. The second kappa shape index (κ2) is 7.60. The molecule has 3 aromatic heterocycles. The van der Waals surface area contributed by atoms with Gasteiger partial charge in [0.1, 0.15) is 11.3 Å². The SMILES string of the molecule is COC(=O)c1ccc(-c2ccc3ncn(Cc4ccc5ncccc5c4)c3n2)cc1F. The number of nitrogens with zero attached hydrogens (tertiary/aromatic N) is 4. The number of pyridine rings is 2. The van der Waals surface area contributed by atoms with Crippen LogP contribution in [0.15, 0.2) is 73.2 Å². The standard InChI is InChI=1S/C24H17FN4O2/c1-31-24(30)18-6-5-17(12-19(18)25)21-8-9-22-23(28-21)29(14-27-22)13-15-4-7-20-16(11-15)3-2-10-26-20/h2-12,14H,13H2,1H3. The van der Waals surface area contributed by atoms with Gasteiger partial charge in [0.2, 0.25) is 0 Å². The van der Waals surface area contributed by atoms with Crippen molar-refractivity contribution in [2.75, 3.05) is 7.11 Å². The number of aromatic nitrogens is 4. The quantitative estimate of drug-likeness (QED) is 0.403. The number of methoxy groups -OCH3 is 1. The van der Waals surface area contributed by atoms with Crippen molar-refractivity contribution >= 4 is 28.0 Å². The van der Waals surface area contributed by atoms with Gasteiger partial charge in [0.15, 0.2) is 5.65 Å². The summed E-state index contributed by atoms with van der Waals surface area (Å²) in [6.45, 7) is 0.591. The molecule has 7 heteroatoms. The van der Waals surface area contributed by atoms with Gasteiger partial charge in [-0.15, -0.1) is 0 Å². The number of carbonyl (C=O) groups is 1. The molecule has 0 aliphatic carbocycles. The second-order valence-electron chi connectivity index (χ2n) is 7.13. The Balaban J connectivity index is 1.51. The van der Waals surface area contributed by atoms with Crippen molar-refractivity contribution in [2.24, 2.45) is 0 Å². The lowest BCUT2D eigenvalue weighted by Crippen LogP contribution is -2.04. The van der Waals surface area contributed by atoms with Crippen LogP contribution in [-0.2, 0) is 11.3 Å². The third kappa shape index (κ3) is 3.50. The Morgan fingerprint density at radius 1 is 1.03 bits per heavy atom. The summed E-state index contributed by atoms with van der Waals surface area (Å²) in [5.41, 5.74) is 4.53. The summed E-state index contributed by atoms with van der Waals surface area (Å²) in [6.07, 6.45) is 3.52. The van der Waals surface area contributed by atoms with E-state index in [0.717, 1.165) is 22.0 Å². The third-order valence-electron chi connectivity index (χ3n) is 5.15. The first-order valence-corrected chi connectivity index (χ1v) is 9.66. The van der Waals surface area contributed by atoms with E-state index in [0.29, 0.717) is 23.4 Å². The molecule has 0 radical (unpaired) electrons. The molecule has 0 N–H and O–H groups in total. The first kappa shape index (κ1) is 18.9. The number of esters is 1. The number of hydrogen-bond donors (Lipinski definition) is 0. The van der Waals surface area contributed by atoms with Crippen LogP contribution in [0.25, 0.3) is 33.3 Å². The highest BCUT2D eigenvalue weighted by molar-refractivity contribution is 5.90. The van der Waals surface area contributed by atoms with Crippen LogP contribution in [-0.4, -0.2) is 32.6 Å². The van der Waals surface area contributed by atoms with E-state index >= 15 is 0 Å². The molecule has 152 valence electrons. The molecule has 0 saturated heterocycles. The van der Waals surface area contributed by atoms with Crippen LogP contribution < -0.4 is 0 Å². The molecule has 31 heavy (non-hydrogen) atoms. The van der Waals surface area contributed by atoms with Gasteiger partial charge in [-0.05, 0) is 48.0 Å². The summed E-state index contributed by atoms with van der Waals surface area (Å²) in [4.78, 5) is 25.1.